The van der Waals surface area contributed by atoms with Crippen molar-refractivity contribution >= 4 is 33.4 Å². The molecule has 3 amide bonds. The minimum atomic E-state index is -3.73. The molecule has 152 valence electrons. The summed E-state index contributed by atoms with van der Waals surface area (Å²) >= 11 is 0. The molecule has 0 fully saturated rings. The summed E-state index contributed by atoms with van der Waals surface area (Å²) in [5.41, 5.74) is 0.978. The van der Waals surface area contributed by atoms with Gasteiger partial charge < -0.3 is 5.32 Å². The standard InChI is InChI=1S/C20H21N3O5S/c1-12(2)23(4)29(27,28)15-7-5-6-13(10-15)18(24)21-14-8-9-16-17(11-14)20(26)22(3)19(16)25/h5-12H,1-4H3,(H,21,24). The summed E-state index contributed by atoms with van der Waals surface area (Å²) in [5, 5.41) is 2.64. The Morgan fingerprint density at radius 2 is 1.69 bits per heavy atom. The number of carbonyl (C=O) groups is 3. The van der Waals surface area contributed by atoms with Crippen molar-refractivity contribution in [1.82, 2.24) is 9.21 Å². The first-order chi connectivity index (χ1) is 13.5. The second kappa shape index (κ2) is 7.41. The SMILES string of the molecule is CC(C)N(C)S(=O)(=O)c1cccc(C(=O)Nc2ccc3c(c2)C(=O)N(C)C3=O)c1. The van der Waals surface area contributed by atoms with E-state index in [9.17, 15) is 22.8 Å². The summed E-state index contributed by atoms with van der Waals surface area (Å²) in [6.45, 7) is 3.51. The Hall–Kier alpha value is -3.04. The van der Waals surface area contributed by atoms with Crippen LogP contribution in [0.3, 0.4) is 0 Å². The van der Waals surface area contributed by atoms with Crippen molar-refractivity contribution in [3.8, 4) is 0 Å². The molecule has 8 nitrogen and oxygen atoms in total. The number of hydrogen-bond acceptors (Lipinski definition) is 5. The van der Waals surface area contributed by atoms with E-state index in [-0.39, 0.29) is 27.6 Å². The summed E-state index contributed by atoms with van der Waals surface area (Å²) in [4.78, 5) is 37.7. The minimum absolute atomic E-state index is 0.0118. The molecule has 0 saturated carbocycles. The van der Waals surface area contributed by atoms with Crippen molar-refractivity contribution in [2.45, 2.75) is 24.8 Å². The number of sulfonamides is 1. The third-order valence-electron chi connectivity index (χ3n) is 4.85. The fraction of sp³-hybridized carbons (Fsp3) is 0.250. The van der Waals surface area contributed by atoms with E-state index in [1.54, 1.807) is 13.8 Å². The molecule has 0 saturated heterocycles. The fourth-order valence-corrected chi connectivity index (χ4v) is 4.30. The summed E-state index contributed by atoms with van der Waals surface area (Å²) in [6, 6.07) is 9.93. The number of hydrogen-bond donors (Lipinski definition) is 1. The van der Waals surface area contributed by atoms with Crippen molar-refractivity contribution in [2.24, 2.45) is 0 Å². The van der Waals surface area contributed by atoms with E-state index in [1.165, 1.54) is 60.9 Å². The summed E-state index contributed by atoms with van der Waals surface area (Å²) in [5.74, 6) is -1.36. The third-order valence-corrected chi connectivity index (χ3v) is 6.88. The van der Waals surface area contributed by atoms with Crippen LogP contribution in [-0.4, -0.2) is 55.5 Å². The van der Waals surface area contributed by atoms with Gasteiger partial charge in [0.2, 0.25) is 10.0 Å². The normalized spacial score (nSPS) is 13.9. The van der Waals surface area contributed by atoms with Gasteiger partial charge in [-0.25, -0.2) is 8.42 Å². The predicted octanol–water partition coefficient (Wildman–Crippen LogP) is 2.19. The van der Waals surface area contributed by atoms with Crippen LogP contribution in [0.25, 0.3) is 0 Å². The van der Waals surface area contributed by atoms with E-state index in [0.29, 0.717) is 5.69 Å². The van der Waals surface area contributed by atoms with Crippen LogP contribution in [0.2, 0.25) is 0 Å². The predicted molar refractivity (Wildman–Crippen MR) is 107 cm³/mol. The number of benzene rings is 2. The Bertz CT molecular complexity index is 1120. The zero-order chi connectivity index (χ0) is 21.5. The van der Waals surface area contributed by atoms with Gasteiger partial charge in [0.15, 0.2) is 0 Å². The molecule has 0 atom stereocenters. The smallest absolute Gasteiger partial charge is 0.261 e. The number of imide groups is 1. The lowest BCUT2D eigenvalue weighted by molar-refractivity contribution is 0.0692. The van der Waals surface area contributed by atoms with Gasteiger partial charge in [0.05, 0.1) is 16.0 Å². The number of rotatable bonds is 5. The maximum atomic E-state index is 12.7. The van der Waals surface area contributed by atoms with Crippen molar-refractivity contribution in [1.29, 1.82) is 0 Å². The van der Waals surface area contributed by atoms with E-state index in [4.69, 9.17) is 0 Å². The number of carbonyl (C=O) groups excluding carboxylic acids is 3. The quantitative estimate of drug-likeness (QED) is 0.754. The molecule has 0 aliphatic carbocycles. The molecule has 0 bridgehead atoms. The average molecular weight is 415 g/mol. The van der Waals surface area contributed by atoms with Gasteiger partial charge >= 0.3 is 0 Å². The minimum Gasteiger partial charge on any atom is -0.322 e. The average Bonchev–Trinajstić information content (AvgIpc) is 2.91. The summed E-state index contributed by atoms with van der Waals surface area (Å²) in [7, 11) is -0.858. The Kier molecular flexibility index (Phi) is 5.29. The summed E-state index contributed by atoms with van der Waals surface area (Å²) < 4.78 is 26.5. The van der Waals surface area contributed by atoms with Gasteiger partial charge in [-0.3, -0.25) is 19.3 Å². The highest BCUT2D eigenvalue weighted by Crippen LogP contribution is 2.25. The van der Waals surface area contributed by atoms with Crippen LogP contribution in [0, 0.1) is 0 Å². The molecule has 0 radical (unpaired) electrons. The molecule has 2 aromatic carbocycles. The van der Waals surface area contributed by atoms with Gasteiger partial charge in [-0.1, -0.05) is 6.07 Å². The highest BCUT2D eigenvalue weighted by atomic mass is 32.2. The Labute approximate surface area is 169 Å². The van der Waals surface area contributed by atoms with Crippen molar-refractivity contribution in [3.05, 3.63) is 59.2 Å². The van der Waals surface area contributed by atoms with Gasteiger partial charge in [-0.05, 0) is 50.2 Å². The van der Waals surface area contributed by atoms with Crippen molar-refractivity contribution in [2.75, 3.05) is 19.4 Å². The van der Waals surface area contributed by atoms with Crippen molar-refractivity contribution < 1.29 is 22.8 Å². The zero-order valence-corrected chi connectivity index (χ0v) is 17.3. The van der Waals surface area contributed by atoms with Crippen LogP contribution < -0.4 is 5.32 Å². The molecule has 0 unspecified atom stereocenters. The fourth-order valence-electron chi connectivity index (χ4n) is 2.88. The van der Waals surface area contributed by atoms with Gasteiger partial charge in [0.1, 0.15) is 0 Å². The number of nitrogens with one attached hydrogen (secondary N) is 1. The Morgan fingerprint density at radius 1 is 1.03 bits per heavy atom. The molecule has 1 aliphatic heterocycles. The van der Waals surface area contributed by atoms with E-state index in [1.807, 2.05) is 0 Å². The van der Waals surface area contributed by atoms with Crippen LogP contribution >= 0.6 is 0 Å². The maximum Gasteiger partial charge on any atom is 0.261 e. The van der Waals surface area contributed by atoms with Gasteiger partial charge in [0.25, 0.3) is 17.7 Å². The zero-order valence-electron chi connectivity index (χ0n) is 16.5. The van der Waals surface area contributed by atoms with Crippen LogP contribution in [-0.2, 0) is 10.0 Å². The number of nitrogens with zero attached hydrogens (tertiary/aromatic N) is 2. The molecule has 1 N–H and O–H groups in total. The molecular formula is C20H21N3O5S. The van der Waals surface area contributed by atoms with E-state index in [2.05, 4.69) is 5.32 Å². The van der Waals surface area contributed by atoms with Crippen LogP contribution in [0.5, 0.6) is 0 Å². The lowest BCUT2D eigenvalue weighted by Gasteiger charge is -2.21. The largest absolute Gasteiger partial charge is 0.322 e. The Balaban J connectivity index is 1.86. The number of amides is 3. The van der Waals surface area contributed by atoms with Crippen LogP contribution in [0.1, 0.15) is 44.9 Å². The molecule has 0 aromatic heterocycles. The van der Waals surface area contributed by atoms with Gasteiger partial charge in [-0.2, -0.15) is 4.31 Å². The molecule has 0 spiro atoms. The molecule has 3 rings (SSSR count). The topological polar surface area (TPSA) is 104 Å². The molecule has 1 heterocycles. The van der Waals surface area contributed by atoms with Crippen molar-refractivity contribution in [3.63, 3.8) is 0 Å². The van der Waals surface area contributed by atoms with E-state index < -0.39 is 27.7 Å². The molecular weight excluding hydrogens is 394 g/mol. The van der Waals surface area contributed by atoms with Crippen LogP contribution in [0.4, 0.5) is 5.69 Å². The first kappa shape index (κ1) is 20.7. The lowest BCUT2D eigenvalue weighted by Crippen LogP contribution is -2.33. The van der Waals surface area contributed by atoms with Gasteiger partial charge in [-0.15, -0.1) is 0 Å². The van der Waals surface area contributed by atoms with Crippen LogP contribution in [0.15, 0.2) is 47.4 Å². The Morgan fingerprint density at radius 3 is 2.34 bits per heavy atom. The molecule has 2 aromatic rings. The molecule has 29 heavy (non-hydrogen) atoms. The maximum absolute atomic E-state index is 12.7. The van der Waals surface area contributed by atoms with E-state index in [0.717, 1.165) is 4.90 Å². The highest BCUT2D eigenvalue weighted by Gasteiger charge is 2.32. The highest BCUT2D eigenvalue weighted by molar-refractivity contribution is 7.89. The first-order valence-corrected chi connectivity index (χ1v) is 10.3. The third kappa shape index (κ3) is 3.66. The van der Waals surface area contributed by atoms with E-state index >= 15 is 0 Å². The second-order valence-electron chi connectivity index (χ2n) is 7.03. The first-order valence-electron chi connectivity index (χ1n) is 8.90. The molecule has 1 aliphatic rings. The summed E-state index contributed by atoms with van der Waals surface area (Å²) in [6.07, 6.45) is 0. The monoisotopic (exact) mass is 415 g/mol. The number of anilines is 1. The number of fused-ring (bicyclic) bond motifs is 1. The second-order valence-corrected chi connectivity index (χ2v) is 9.02. The lowest BCUT2D eigenvalue weighted by atomic mass is 10.1. The molecule has 9 heteroatoms. The van der Waals surface area contributed by atoms with Gasteiger partial charge in [0, 0.05) is 31.4 Å².